The van der Waals surface area contributed by atoms with E-state index in [0.29, 0.717) is 18.3 Å². The van der Waals surface area contributed by atoms with E-state index in [4.69, 9.17) is 15.0 Å². The third-order valence-electron chi connectivity index (χ3n) is 2.98. The van der Waals surface area contributed by atoms with Crippen LogP contribution in [0.15, 0.2) is 16.0 Å². The summed E-state index contributed by atoms with van der Waals surface area (Å²) in [4.78, 5) is 5.46. The van der Waals surface area contributed by atoms with Gasteiger partial charge in [-0.1, -0.05) is 12.1 Å². The zero-order chi connectivity index (χ0) is 14.8. The molecule has 110 valence electrons. The van der Waals surface area contributed by atoms with Crippen LogP contribution in [0.3, 0.4) is 0 Å². The Morgan fingerprint density at radius 1 is 1.50 bits per heavy atom. The van der Waals surface area contributed by atoms with Gasteiger partial charge in [-0.2, -0.15) is 4.98 Å². The topological polar surface area (TPSA) is 74.2 Å². The lowest BCUT2D eigenvalue weighted by molar-refractivity contribution is 0.0410. The molecule has 0 aliphatic carbocycles. The fraction of sp³-hybridized carbons (Fsp3) is 0.571. The first-order chi connectivity index (χ1) is 9.44. The van der Waals surface area contributed by atoms with Crippen LogP contribution in [0.2, 0.25) is 0 Å². The van der Waals surface area contributed by atoms with Crippen molar-refractivity contribution in [3.05, 3.63) is 22.8 Å². The molecule has 2 aromatic heterocycles. The summed E-state index contributed by atoms with van der Waals surface area (Å²) in [6, 6.07) is 2.08. The standard InChI is InChI=1S/C14H21N3O2S/c1-5-10-6-7-20-11(10)12-16-13(17-19-12)14(4,15)8-18-9(2)3/h6-7,9H,5,8,15H2,1-4H3. The predicted octanol–water partition coefficient (Wildman–Crippen LogP) is 2.96. The van der Waals surface area contributed by atoms with Gasteiger partial charge < -0.3 is 15.0 Å². The van der Waals surface area contributed by atoms with Gasteiger partial charge in [0.2, 0.25) is 0 Å². The summed E-state index contributed by atoms with van der Waals surface area (Å²) in [5, 5.41) is 6.04. The van der Waals surface area contributed by atoms with E-state index in [9.17, 15) is 0 Å². The Balaban J connectivity index is 2.20. The van der Waals surface area contributed by atoms with Crippen molar-refractivity contribution in [1.29, 1.82) is 0 Å². The first kappa shape index (κ1) is 15.2. The molecule has 0 aliphatic rings. The molecule has 2 heterocycles. The second-order valence-electron chi connectivity index (χ2n) is 5.33. The molecule has 20 heavy (non-hydrogen) atoms. The number of ether oxygens (including phenoxy) is 1. The minimum atomic E-state index is -0.754. The van der Waals surface area contributed by atoms with E-state index in [1.54, 1.807) is 11.3 Å². The highest BCUT2D eigenvalue weighted by atomic mass is 32.1. The van der Waals surface area contributed by atoms with Crippen LogP contribution in [0.5, 0.6) is 0 Å². The average Bonchev–Trinajstić information content (AvgIpc) is 3.04. The van der Waals surface area contributed by atoms with Crippen LogP contribution in [0.25, 0.3) is 10.8 Å². The lowest BCUT2D eigenvalue weighted by Crippen LogP contribution is -2.40. The van der Waals surface area contributed by atoms with Crippen LogP contribution in [0.4, 0.5) is 0 Å². The van der Waals surface area contributed by atoms with Gasteiger partial charge in [0.25, 0.3) is 5.89 Å². The quantitative estimate of drug-likeness (QED) is 0.887. The minimum Gasteiger partial charge on any atom is -0.376 e. The molecule has 6 heteroatoms. The van der Waals surface area contributed by atoms with Crippen molar-refractivity contribution in [3.63, 3.8) is 0 Å². The molecular weight excluding hydrogens is 274 g/mol. The highest BCUT2D eigenvalue weighted by Gasteiger charge is 2.29. The molecule has 1 unspecified atom stereocenters. The maximum Gasteiger partial charge on any atom is 0.268 e. The second kappa shape index (κ2) is 6.03. The molecule has 0 bridgehead atoms. The van der Waals surface area contributed by atoms with E-state index in [-0.39, 0.29) is 6.10 Å². The summed E-state index contributed by atoms with van der Waals surface area (Å²) in [5.41, 5.74) is 6.67. The number of aromatic nitrogens is 2. The Hall–Kier alpha value is -1.24. The van der Waals surface area contributed by atoms with Crippen LogP contribution < -0.4 is 5.73 Å². The number of hydrogen-bond acceptors (Lipinski definition) is 6. The molecule has 2 N–H and O–H groups in total. The van der Waals surface area contributed by atoms with E-state index >= 15 is 0 Å². The molecule has 2 aromatic rings. The van der Waals surface area contributed by atoms with Crippen LogP contribution >= 0.6 is 11.3 Å². The van der Waals surface area contributed by atoms with Gasteiger partial charge in [-0.05, 0) is 44.2 Å². The zero-order valence-corrected chi connectivity index (χ0v) is 13.2. The molecule has 0 aliphatic heterocycles. The molecule has 5 nitrogen and oxygen atoms in total. The van der Waals surface area contributed by atoms with Crippen LogP contribution in [-0.2, 0) is 16.7 Å². The predicted molar refractivity (Wildman–Crippen MR) is 79.6 cm³/mol. The summed E-state index contributed by atoms with van der Waals surface area (Å²) in [7, 11) is 0. The van der Waals surface area contributed by atoms with E-state index in [0.717, 1.165) is 11.3 Å². The van der Waals surface area contributed by atoms with Gasteiger partial charge in [-0.25, -0.2) is 0 Å². The summed E-state index contributed by atoms with van der Waals surface area (Å²) >= 11 is 1.60. The molecule has 1 atom stereocenters. The number of hydrogen-bond donors (Lipinski definition) is 1. The first-order valence-electron chi connectivity index (χ1n) is 6.75. The van der Waals surface area contributed by atoms with Crippen molar-refractivity contribution in [2.75, 3.05) is 6.61 Å². The molecule has 0 fully saturated rings. The number of aryl methyl sites for hydroxylation is 1. The van der Waals surface area contributed by atoms with E-state index in [1.165, 1.54) is 5.56 Å². The SMILES string of the molecule is CCc1ccsc1-c1nc(C(C)(N)COC(C)C)no1. The van der Waals surface area contributed by atoms with Gasteiger partial charge in [-0.15, -0.1) is 11.3 Å². The molecular formula is C14H21N3O2S. The van der Waals surface area contributed by atoms with Gasteiger partial charge in [0.1, 0.15) is 5.54 Å². The monoisotopic (exact) mass is 295 g/mol. The molecule has 2 rings (SSSR count). The number of nitrogens with two attached hydrogens (primary N) is 1. The third kappa shape index (κ3) is 3.26. The normalized spacial score (nSPS) is 14.7. The van der Waals surface area contributed by atoms with E-state index in [1.807, 2.05) is 26.2 Å². The maximum atomic E-state index is 6.22. The Labute approximate surface area is 123 Å². The van der Waals surface area contributed by atoms with Crippen LogP contribution in [0.1, 0.15) is 39.1 Å². The Morgan fingerprint density at radius 3 is 2.90 bits per heavy atom. The minimum absolute atomic E-state index is 0.119. The number of nitrogens with zero attached hydrogens (tertiary/aromatic N) is 2. The highest BCUT2D eigenvalue weighted by Crippen LogP contribution is 2.29. The van der Waals surface area contributed by atoms with E-state index < -0.39 is 5.54 Å². The van der Waals surface area contributed by atoms with Gasteiger partial charge in [0.15, 0.2) is 5.82 Å². The van der Waals surface area contributed by atoms with E-state index in [2.05, 4.69) is 23.1 Å². The van der Waals surface area contributed by atoms with Crippen molar-refractivity contribution in [2.45, 2.75) is 45.8 Å². The van der Waals surface area contributed by atoms with Crippen LogP contribution in [0, 0.1) is 0 Å². The van der Waals surface area contributed by atoms with Gasteiger partial charge in [0, 0.05) is 0 Å². The van der Waals surface area contributed by atoms with Crippen molar-refractivity contribution < 1.29 is 9.26 Å². The van der Waals surface area contributed by atoms with Crippen molar-refractivity contribution in [2.24, 2.45) is 5.73 Å². The van der Waals surface area contributed by atoms with Gasteiger partial charge >= 0.3 is 0 Å². The lowest BCUT2D eigenvalue weighted by Gasteiger charge is -2.21. The third-order valence-corrected chi connectivity index (χ3v) is 3.92. The smallest absolute Gasteiger partial charge is 0.268 e. The molecule has 0 amide bonds. The van der Waals surface area contributed by atoms with Gasteiger partial charge in [0.05, 0.1) is 17.6 Å². The highest BCUT2D eigenvalue weighted by molar-refractivity contribution is 7.13. The summed E-state index contributed by atoms with van der Waals surface area (Å²) in [5.74, 6) is 1.01. The fourth-order valence-electron chi connectivity index (χ4n) is 1.75. The summed E-state index contributed by atoms with van der Waals surface area (Å²) < 4.78 is 10.9. The Bertz CT molecular complexity index is 560. The Morgan fingerprint density at radius 2 is 2.25 bits per heavy atom. The zero-order valence-electron chi connectivity index (χ0n) is 12.3. The largest absolute Gasteiger partial charge is 0.376 e. The molecule has 0 radical (unpaired) electrons. The second-order valence-corrected chi connectivity index (χ2v) is 6.24. The van der Waals surface area contributed by atoms with Crippen molar-refractivity contribution >= 4 is 11.3 Å². The summed E-state index contributed by atoms with van der Waals surface area (Å²) in [6.07, 6.45) is 1.06. The fourth-order valence-corrected chi connectivity index (χ4v) is 2.67. The van der Waals surface area contributed by atoms with Crippen molar-refractivity contribution in [1.82, 2.24) is 10.1 Å². The number of thiophene rings is 1. The Kier molecular flexibility index (Phi) is 4.57. The maximum absolute atomic E-state index is 6.22. The van der Waals surface area contributed by atoms with Crippen molar-refractivity contribution in [3.8, 4) is 10.8 Å². The summed E-state index contributed by atoms with van der Waals surface area (Å²) in [6.45, 7) is 8.24. The lowest BCUT2D eigenvalue weighted by atomic mass is 10.1. The average molecular weight is 295 g/mol. The molecule has 0 aromatic carbocycles. The molecule has 0 saturated carbocycles. The molecule has 0 spiro atoms. The van der Waals surface area contributed by atoms with Crippen LogP contribution in [-0.4, -0.2) is 22.9 Å². The first-order valence-corrected chi connectivity index (χ1v) is 7.63. The number of rotatable bonds is 6. The molecule has 0 saturated heterocycles. The van der Waals surface area contributed by atoms with Gasteiger partial charge in [-0.3, -0.25) is 0 Å².